The van der Waals surface area contributed by atoms with E-state index in [9.17, 15) is 9.90 Å². The quantitative estimate of drug-likeness (QED) is 0.835. The van der Waals surface area contributed by atoms with Gasteiger partial charge in [-0.15, -0.1) is 0 Å². The van der Waals surface area contributed by atoms with Gasteiger partial charge in [0.2, 0.25) is 0 Å². The molecule has 0 spiro atoms. The topological polar surface area (TPSA) is 52.6 Å². The Morgan fingerprint density at radius 3 is 2.61 bits per heavy atom. The first-order chi connectivity index (χ1) is 8.61. The van der Waals surface area contributed by atoms with Crippen LogP contribution in [-0.2, 0) is 0 Å². The number of hydrogen-bond acceptors (Lipinski definition) is 3. The first kappa shape index (κ1) is 12.9. The molecule has 2 atom stereocenters. The number of nitrogens with one attached hydrogen (secondary N) is 1. The number of likely N-dealkylation sites (tertiary alicyclic amines) is 1. The predicted molar refractivity (Wildman–Crippen MR) is 71.7 cm³/mol. The number of piperidine rings is 1. The maximum atomic E-state index is 12.3. The van der Waals surface area contributed by atoms with Crippen LogP contribution in [0, 0.1) is 5.92 Å². The minimum absolute atomic E-state index is 0.0522. The summed E-state index contributed by atoms with van der Waals surface area (Å²) in [5.74, 6) is 0.204. The van der Waals surface area contributed by atoms with Gasteiger partial charge < -0.3 is 15.3 Å². The zero-order valence-electron chi connectivity index (χ0n) is 10.9. The zero-order chi connectivity index (χ0) is 13.1. The Hall–Kier alpha value is -1.55. The maximum Gasteiger partial charge on any atom is 0.253 e. The third-order valence-corrected chi connectivity index (χ3v) is 3.57. The molecule has 98 valence electrons. The molecule has 0 aliphatic carbocycles. The van der Waals surface area contributed by atoms with Crippen molar-refractivity contribution in [2.24, 2.45) is 5.92 Å². The van der Waals surface area contributed by atoms with E-state index in [4.69, 9.17) is 0 Å². The summed E-state index contributed by atoms with van der Waals surface area (Å²) in [4.78, 5) is 14.1. The van der Waals surface area contributed by atoms with Gasteiger partial charge in [0.15, 0.2) is 0 Å². The van der Waals surface area contributed by atoms with Crippen LogP contribution < -0.4 is 5.32 Å². The first-order valence-electron chi connectivity index (χ1n) is 6.37. The maximum absolute atomic E-state index is 12.3. The lowest BCUT2D eigenvalue weighted by molar-refractivity contribution is 0.0297. The average molecular weight is 248 g/mol. The monoisotopic (exact) mass is 248 g/mol. The number of carbonyl (C=O) groups excluding carboxylic acids is 1. The molecule has 0 radical (unpaired) electrons. The van der Waals surface area contributed by atoms with Crippen LogP contribution >= 0.6 is 0 Å². The Bertz CT molecular complexity index is 416. The van der Waals surface area contributed by atoms with Gasteiger partial charge in [-0.1, -0.05) is 6.92 Å². The minimum Gasteiger partial charge on any atom is -0.393 e. The number of carbonyl (C=O) groups is 1. The summed E-state index contributed by atoms with van der Waals surface area (Å²) in [6.07, 6.45) is 0.391. The van der Waals surface area contributed by atoms with Gasteiger partial charge in [-0.2, -0.15) is 0 Å². The van der Waals surface area contributed by atoms with Crippen molar-refractivity contribution >= 4 is 11.6 Å². The first-order valence-corrected chi connectivity index (χ1v) is 6.37. The van der Waals surface area contributed by atoms with Crippen molar-refractivity contribution in [3.8, 4) is 0 Å². The molecule has 4 nitrogen and oxygen atoms in total. The third kappa shape index (κ3) is 2.64. The van der Waals surface area contributed by atoms with Crippen molar-refractivity contribution in [2.45, 2.75) is 19.4 Å². The number of aliphatic hydroxyl groups is 1. The lowest BCUT2D eigenvalue weighted by Gasteiger charge is -2.34. The van der Waals surface area contributed by atoms with Gasteiger partial charge in [-0.05, 0) is 36.6 Å². The highest BCUT2D eigenvalue weighted by Crippen LogP contribution is 2.19. The van der Waals surface area contributed by atoms with Crippen molar-refractivity contribution < 1.29 is 9.90 Å². The van der Waals surface area contributed by atoms with Crippen LogP contribution in [0.15, 0.2) is 24.3 Å². The van der Waals surface area contributed by atoms with Crippen molar-refractivity contribution in [3.05, 3.63) is 29.8 Å². The van der Waals surface area contributed by atoms with Crippen LogP contribution in [0.2, 0.25) is 0 Å². The Labute approximate surface area is 108 Å². The van der Waals surface area contributed by atoms with E-state index in [0.717, 1.165) is 5.69 Å². The fourth-order valence-corrected chi connectivity index (χ4v) is 2.28. The number of nitrogens with zero attached hydrogens (tertiary/aromatic N) is 1. The summed E-state index contributed by atoms with van der Waals surface area (Å²) in [5.41, 5.74) is 1.70. The fraction of sp³-hybridized carbons (Fsp3) is 0.500. The average Bonchev–Trinajstić information content (AvgIpc) is 2.41. The van der Waals surface area contributed by atoms with E-state index in [1.807, 2.05) is 43.1 Å². The van der Waals surface area contributed by atoms with Gasteiger partial charge in [0.1, 0.15) is 0 Å². The van der Waals surface area contributed by atoms with Crippen LogP contribution in [0.5, 0.6) is 0 Å². The van der Waals surface area contributed by atoms with Gasteiger partial charge >= 0.3 is 0 Å². The summed E-state index contributed by atoms with van der Waals surface area (Å²) in [7, 11) is 1.85. The standard InChI is InChI=1S/C14H20N2O2/c1-10-9-16(8-7-13(10)17)14(18)11-3-5-12(15-2)6-4-11/h3-6,10,13,15,17H,7-9H2,1-2H3. The number of benzene rings is 1. The second kappa shape index (κ2) is 5.40. The molecule has 0 aromatic heterocycles. The van der Waals surface area contributed by atoms with Gasteiger partial charge in [-0.3, -0.25) is 4.79 Å². The number of hydrogen-bond donors (Lipinski definition) is 2. The number of anilines is 1. The second-order valence-corrected chi connectivity index (χ2v) is 4.91. The second-order valence-electron chi connectivity index (χ2n) is 4.91. The molecule has 18 heavy (non-hydrogen) atoms. The van der Waals surface area contributed by atoms with Gasteiger partial charge in [0.05, 0.1) is 6.10 Å². The van der Waals surface area contributed by atoms with Gasteiger partial charge in [0, 0.05) is 31.4 Å². The van der Waals surface area contributed by atoms with Crippen molar-refractivity contribution in [2.75, 3.05) is 25.5 Å². The molecule has 1 aliphatic rings. The van der Waals surface area contributed by atoms with E-state index in [0.29, 0.717) is 25.1 Å². The molecule has 1 aromatic rings. The molecule has 1 aromatic carbocycles. The Morgan fingerprint density at radius 2 is 2.06 bits per heavy atom. The molecule has 1 saturated heterocycles. The predicted octanol–water partition coefficient (Wildman–Crippen LogP) is 1.57. The molecule has 2 N–H and O–H groups in total. The molecule has 1 fully saturated rings. The van der Waals surface area contributed by atoms with E-state index < -0.39 is 0 Å². The Balaban J connectivity index is 2.06. The Kier molecular flexibility index (Phi) is 3.87. The lowest BCUT2D eigenvalue weighted by Crippen LogP contribution is -2.44. The summed E-state index contributed by atoms with van der Waals surface area (Å²) in [5, 5.41) is 12.7. The van der Waals surface area contributed by atoms with E-state index in [-0.39, 0.29) is 17.9 Å². The molecular formula is C14H20N2O2. The van der Waals surface area contributed by atoms with Crippen LogP contribution in [0.1, 0.15) is 23.7 Å². The molecule has 4 heteroatoms. The molecule has 1 heterocycles. The van der Waals surface area contributed by atoms with E-state index >= 15 is 0 Å². The van der Waals surface area contributed by atoms with Crippen molar-refractivity contribution in [1.29, 1.82) is 0 Å². The molecule has 1 aliphatic heterocycles. The largest absolute Gasteiger partial charge is 0.393 e. The summed E-state index contributed by atoms with van der Waals surface area (Å²) in [6.45, 7) is 3.25. The van der Waals surface area contributed by atoms with E-state index in [1.54, 1.807) is 0 Å². The highest BCUT2D eigenvalue weighted by Gasteiger charge is 2.27. The molecule has 2 rings (SSSR count). The summed E-state index contributed by atoms with van der Waals surface area (Å²) < 4.78 is 0. The number of rotatable bonds is 2. The van der Waals surface area contributed by atoms with Crippen LogP contribution in [0.3, 0.4) is 0 Å². The minimum atomic E-state index is -0.277. The SMILES string of the molecule is CNc1ccc(C(=O)N2CCC(O)C(C)C2)cc1. The third-order valence-electron chi connectivity index (χ3n) is 3.57. The van der Waals surface area contributed by atoms with Gasteiger partial charge in [-0.25, -0.2) is 0 Å². The fourth-order valence-electron chi connectivity index (χ4n) is 2.28. The highest BCUT2D eigenvalue weighted by atomic mass is 16.3. The van der Waals surface area contributed by atoms with Gasteiger partial charge in [0.25, 0.3) is 5.91 Å². The molecule has 0 saturated carbocycles. The smallest absolute Gasteiger partial charge is 0.253 e. The normalized spacial score (nSPS) is 23.8. The summed E-state index contributed by atoms with van der Waals surface area (Å²) >= 11 is 0. The molecule has 2 unspecified atom stereocenters. The van der Waals surface area contributed by atoms with E-state index in [2.05, 4.69) is 5.32 Å². The molecule has 1 amide bonds. The van der Waals surface area contributed by atoms with Crippen molar-refractivity contribution in [1.82, 2.24) is 4.90 Å². The van der Waals surface area contributed by atoms with Crippen molar-refractivity contribution in [3.63, 3.8) is 0 Å². The zero-order valence-corrected chi connectivity index (χ0v) is 10.9. The lowest BCUT2D eigenvalue weighted by atomic mass is 9.96. The highest BCUT2D eigenvalue weighted by molar-refractivity contribution is 5.94. The van der Waals surface area contributed by atoms with Crippen LogP contribution in [0.25, 0.3) is 0 Å². The van der Waals surface area contributed by atoms with Crippen LogP contribution in [-0.4, -0.2) is 42.2 Å². The summed E-state index contributed by atoms with van der Waals surface area (Å²) in [6, 6.07) is 7.47. The van der Waals surface area contributed by atoms with Crippen LogP contribution in [0.4, 0.5) is 5.69 Å². The number of aliphatic hydroxyl groups excluding tert-OH is 1. The van der Waals surface area contributed by atoms with E-state index in [1.165, 1.54) is 0 Å². The number of amides is 1. The molecule has 0 bridgehead atoms. The Morgan fingerprint density at radius 1 is 1.39 bits per heavy atom. The molecular weight excluding hydrogens is 228 g/mol.